The molecular formula is C31H30O8. The van der Waals surface area contributed by atoms with Crippen molar-refractivity contribution < 1.29 is 38.1 Å². The molecule has 0 spiro atoms. The Balaban J connectivity index is 1.85. The lowest BCUT2D eigenvalue weighted by molar-refractivity contribution is -0.133. The van der Waals surface area contributed by atoms with E-state index in [9.17, 15) is 14.4 Å². The van der Waals surface area contributed by atoms with E-state index in [1.807, 2.05) is 24.3 Å². The molecule has 0 aliphatic carbocycles. The highest BCUT2D eigenvalue weighted by molar-refractivity contribution is 6.16. The number of benzene rings is 4. The highest BCUT2D eigenvalue weighted by Gasteiger charge is 2.25. The summed E-state index contributed by atoms with van der Waals surface area (Å²) in [6.07, 6.45) is 1.04. The van der Waals surface area contributed by atoms with E-state index in [2.05, 4.69) is 13.8 Å². The number of fused-ring (bicyclic) bond motifs is 2. The number of carbonyl (C=O) groups excluding carboxylic acids is 3. The van der Waals surface area contributed by atoms with E-state index in [4.69, 9.17) is 23.7 Å². The van der Waals surface area contributed by atoms with Crippen molar-refractivity contribution in [3.05, 3.63) is 66.2 Å². The average Bonchev–Trinajstić information content (AvgIpc) is 2.90. The minimum Gasteiger partial charge on any atom is -0.458 e. The van der Waals surface area contributed by atoms with E-state index in [0.29, 0.717) is 22.4 Å². The number of rotatable bonds is 9. The molecule has 8 heteroatoms. The molecule has 0 saturated carbocycles. The summed E-state index contributed by atoms with van der Waals surface area (Å²) in [5.41, 5.74) is 1.22. The smallest absolute Gasteiger partial charge is 0.308 e. The van der Waals surface area contributed by atoms with Gasteiger partial charge in [0, 0.05) is 31.5 Å². The van der Waals surface area contributed by atoms with E-state index in [-0.39, 0.29) is 40.6 Å². The maximum absolute atomic E-state index is 12.2. The molecule has 0 N–H and O–H groups in total. The SMILES string of the molecule is CCC(C)c1ccc(OCOc2ccc(OC(C)=O)c3c(OC(C)=O)c4ccccc4c(OC(C)=O)c23)cc1. The molecule has 4 aromatic rings. The van der Waals surface area contributed by atoms with Crippen LogP contribution >= 0.6 is 0 Å². The molecule has 0 aliphatic heterocycles. The molecule has 0 radical (unpaired) electrons. The van der Waals surface area contributed by atoms with Crippen LogP contribution in [0.25, 0.3) is 21.5 Å². The van der Waals surface area contributed by atoms with Gasteiger partial charge in [0.1, 0.15) is 17.2 Å². The average molecular weight is 531 g/mol. The predicted molar refractivity (Wildman–Crippen MR) is 147 cm³/mol. The Bertz CT molecular complexity index is 1540. The minimum atomic E-state index is -0.579. The summed E-state index contributed by atoms with van der Waals surface area (Å²) in [4.78, 5) is 36.3. The molecule has 4 rings (SSSR count). The molecule has 202 valence electrons. The molecule has 4 aromatic carbocycles. The van der Waals surface area contributed by atoms with Gasteiger partial charge in [0.25, 0.3) is 0 Å². The number of hydrogen-bond donors (Lipinski definition) is 0. The highest BCUT2D eigenvalue weighted by atomic mass is 16.7. The van der Waals surface area contributed by atoms with Crippen molar-refractivity contribution in [2.45, 2.75) is 47.0 Å². The van der Waals surface area contributed by atoms with Crippen LogP contribution in [0.1, 0.15) is 52.5 Å². The Morgan fingerprint density at radius 3 is 1.69 bits per heavy atom. The monoisotopic (exact) mass is 530 g/mol. The third-order valence-electron chi connectivity index (χ3n) is 6.25. The summed E-state index contributed by atoms with van der Waals surface area (Å²) in [6.45, 7) is 7.95. The Morgan fingerprint density at radius 1 is 0.667 bits per heavy atom. The number of ether oxygens (including phenoxy) is 5. The topological polar surface area (TPSA) is 97.4 Å². The number of carbonyl (C=O) groups is 3. The van der Waals surface area contributed by atoms with Crippen molar-refractivity contribution in [2.24, 2.45) is 0 Å². The van der Waals surface area contributed by atoms with Gasteiger partial charge in [-0.15, -0.1) is 0 Å². The summed E-state index contributed by atoms with van der Waals surface area (Å²) in [7, 11) is 0. The Kier molecular flexibility index (Phi) is 8.34. The normalized spacial score (nSPS) is 11.6. The fourth-order valence-corrected chi connectivity index (χ4v) is 4.31. The zero-order valence-corrected chi connectivity index (χ0v) is 22.5. The summed E-state index contributed by atoms with van der Waals surface area (Å²) >= 11 is 0. The second kappa shape index (κ2) is 11.9. The van der Waals surface area contributed by atoms with Crippen LogP contribution in [0.5, 0.6) is 28.7 Å². The van der Waals surface area contributed by atoms with Crippen molar-refractivity contribution in [2.75, 3.05) is 6.79 Å². The third-order valence-corrected chi connectivity index (χ3v) is 6.25. The molecule has 0 aromatic heterocycles. The van der Waals surface area contributed by atoms with Gasteiger partial charge in [0.2, 0.25) is 6.79 Å². The van der Waals surface area contributed by atoms with Gasteiger partial charge >= 0.3 is 17.9 Å². The quantitative estimate of drug-likeness (QED) is 0.102. The van der Waals surface area contributed by atoms with Crippen molar-refractivity contribution in [1.29, 1.82) is 0 Å². The molecule has 39 heavy (non-hydrogen) atoms. The van der Waals surface area contributed by atoms with Gasteiger partial charge in [-0.25, -0.2) is 0 Å². The maximum atomic E-state index is 12.2. The summed E-state index contributed by atoms with van der Waals surface area (Å²) in [5, 5.41) is 1.52. The predicted octanol–water partition coefficient (Wildman–Crippen LogP) is 6.70. The van der Waals surface area contributed by atoms with E-state index >= 15 is 0 Å². The molecule has 0 heterocycles. The first-order valence-electron chi connectivity index (χ1n) is 12.6. The summed E-state index contributed by atoms with van der Waals surface area (Å²) in [5.74, 6) is 0.0410. The van der Waals surface area contributed by atoms with Crippen LogP contribution in [-0.2, 0) is 14.4 Å². The van der Waals surface area contributed by atoms with E-state index < -0.39 is 17.9 Å². The highest BCUT2D eigenvalue weighted by Crippen LogP contribution is 2.50. The van der Waals surface area contributed by atoms with E-state index in [1.54, 1.807) is 30.3 Å². The van der Waals surface area contributed by atoms with Crippen molar-refractivity contribution in [3.63, 3.8) is 0 Å². The molecular weight excluding hydrogens is 500 g/mol. The summed E-state index contributed by atoms with van der Waals surface area (Å²) in [6, 6.07) is 17.9. The number of hydrogen-bond acceptors (Lipinski definition) is 8. The zero-order valence-electron chi connectivity index (χ0n) is 22.5. The molecule has 1 atom stereocenters. The van der Waals surface area contributed by atoms with E-state index in [0.717, 1.165) is 6.42 Å². The van der Waals surface area contributed by atoms with Crippen LogP contribution in [0, 0.1) is 0 Å². The Labute approximate surface area is 226 Å². The molecule has 0 saturated heterocycles. The van der Waals surface area contributed by atoms with Crippen LogP contribution in [0.4, 0.5) is 0 Å². The molecule has 8 nitrogen and oxygen atoms in total. The van der Waals surface area contributed by atoms with Crippen LogP contribution in [0.2, 0.25) is 0 Å². The largest absolute Gasteiger partial charge is 0.458 e. The second-order valence-electron chi connectivity index (χ2n) is 9.08. The molecule has 1 unspecified atom stereocenters. The second-order valence-corrected chi connectivity index (χ2v) is 9.08. The lowest BCUT2D eigenvalue weighted by atomic mass is 9.99. The first-order chi connectivity index (χ1) is 18.7. The van der Waals surface area contributed by atoms with Crippen molar-refractivity contribution in [3.8, 4) is 28.7 Å². The molecule has 0 aliphatic rings. The molecule has 0 amide bonds. The van der Waals surface area contributed by atoms with Gasteiger partial charge in [0.15, 0.2) is 11.5 Å². The standard InChI is InChI=1S/C31H30O8/c1-6-18(2)22-11-13-23(14-12-22)35-17-36-26-15-16-27(37-19(3)32)29-28(26)30(38-20(4)33)24-9-7-8-10-25(24)31(29)39-21(5)34/h7-16,18H,6,17H2,1-5H3. The fraction of sp³-hybridized carbons (Fsp3) is 0.258. The third kappa shape index (κ3) is 6.12. The van der Waals surface area contributed by atoms with Crippen LogP contribution in [-0.4, -0.2) is 24.7 Å². The molecule has 0 fully saturated rings. The molecule has 0 bridgehead atoms. The first kappa shape index (κ1) is 27.4. The van der Waals surface area contributed by atoms with Gasteiger partial charge in [-0.3, -0.25) is 14.4 Å². The Morgan fingerprint density at radius 2 is 1.18 bits per heavy atom. The van der Waals surface area contributed by atoms with Crippen LogP contribution < -0.4 is 23.7 Å². The lowest BCUT2D eigenvalue weighted by Gasteiger charge is -2.20. The van der Waals surface area contributed by atoms with Crippen molar-refractivity contribution >= 4 is 39.5 Å². The first-order valence-corrected chi connectivity index (χ1v) is 12.6. The van der Waals surface area contributed by atoms with Gasteiger partial charge in [-0.1, -0.05) is 50.2 Å². The lowest BCUT2D eigenvalue weighted by Crippen LogP contribution is -2.10. The maximum Gasteiger partial charge on any atom is 0.308 e. The van der Waals surface area contributed by atoms with Gasteiger partial charge in [0.05, 0.1) is 10.8 Å². The van der Waals surface area contributed by atoms with Crippen LogP contribution in [0.15, 0.2) is 60.7 Å². The number of esters is 3. The van der Waals surface area contributed by atoms with E-state index in [1.165, 1.54) is 32.4 Å². The van der Waals surface area contributed by atoms with Crippen molar-refractivity contribution in [1.82, 2.24) is 0 Å². The zero-order chi connectivity index (χ0) is 28.1. The fourth-order valence-electron chi connectivity index (χ4n) is 4.31. The Hall–Kier alpha value is -4.59. The van der Waals surface area contributed by atoms with Gasteiger partial charge < -0.3 is 23.7 Å². The van der Waals surface area contributed by atoms with Gasteiger partial charge in [-0.2, -0.15) is 0 Å². The van der Waals surface area contributed by atoms with Gasteiger partial charge in [-0.05, 0) is 42.2 Å². The van der Waals surface area contributed by atoms with Crippen LogP contribution in [0.3, 0.4) is 0 Å². The summed E-state index contributed by atoms with van der Waals surface area (Å²) < 4.78 is 28.6. The minimum absolute atomic E-state index is 0.113.